The zero-order valence-corrected chi connectivity index (χ0v) is 19.4. The van der Waals surface area contributed by atoms with Gasteiger partial charge in [-0.2, -0.15) is 0 Å². The number of halogens is 1. The molecule has 1 aliphatic rings. The van der Waals surface area contributed by atoms with Crippen molar-refractivity contribution in [2.45, 2.75) is 64.3 Å². The van der Waals surface area contributed by atoms with E-state index >= 15 is 0 Å². The summed E-state index contributed by atoms with van der Waals surface area (Å²) < 4.78 is 12.5. The minimum absolute atomic E-state index is 0.147. The van der Waals surface area contributed by atoms with Gasteiger partial charge < -0.3 is 14.3 Å². The molecule has 0 amide bonds. The van der Waals surface area contributed by atoms with Gasteiger partial charge in [0.2, 0.25) is 5.88 Å². The van der Waals surface area contributed by atoms with Crippen molar-refractivity contribution >= 4 is 24.2 Å². The first-order valence-corrected chi connectivity index (χ1v) is 13.0. The second-order valence-corrected chi connectivity index (χ2v) is 14.3. The lowest BCUT2D eigenvalue weighted by Crippen LogP contribution is -2.42. The molecule has 0 spiro atoms. The SMILES string of the molecule is COc1ccc(Br)c(C[C@H]2CCC=C(CO[Si](C)(C)C(C)(C)C)[C@@H]2O)n1. The second-order valence-electron chi connectivity index (χ2n) is 8.60. The zero-order chi connectivity index (χ0) is 19.5. The molecule has 1 aliphatic carbocycles. The van der Waals surface area contributed by atoms with Crippen molar-refractivity contribution in [1.29, 1.82) is 0 Å². The number of hydrogen-bond donors (Lipinski definition) is 1. The van der Waals surface area contributed by atoms with Crippen molar-refractivity contribution in [3.05, 3.63) is 33.9 Å². The molecule has 0 saturated heterocycles. The molecule has 1 aromatic rings. The van der Waals surface area contributed by atoms with Gasteiger partial charge in [0.05, 0.1) is 25.5 Å². The topological polar surface area (TPSA) is 51.6 Å². The van der Waals surface area contributed by atoms with E-state index < -0.39 is 14.4 Å². The molecule has 0 aromatic carbocycles. The van der Waals surface area contributed by atoms with Crippen LogP contribution in [0.3, 0.4) is 0 Å². The van der Waals surface area contributed by atoms with Gasteiger partial charge in [0, 0.05) is 10.5 Å². The van der Waals surface area contributed by atoms with E-state index in [1.807, 2.05) is 12.1 Å². The summed E-state index contributed by atoms with van der Waals surface area (Å²) >= 11 is 3.57. The van der Waals surface area contributed by atoms with Crippen LogP contribution < -0.4 is 4.74 Å². The van der Waals surface area contributed by atoms with Gasteiger partial charge in [-0.1, -0.05) is 26.8 Å². The standard InChI is InChI=1S/C20H32BrNO3Si/c1-20(2,3)26(5,6)25-13-15-9-7-8-14(19(15)23)12-17-16(21)10-11-18(22-17)24-4/h9-11,14,19,23H,7-8,12-13H2,1-6H3/t14-,19-/m1/s1. The van der Waals surface area contributed by atoms with E-state index in [0.717, 1.165) is 35.0 Å². The molecule has 1 aromatic heterocycles. The molecule has 0 aliphatic heterocycles. The summed E-state index contributed by atoms with van der Waals surface area (Å²) in [6, 6.07) is 3.79. The zero-order valence-electron chi connectivity index (χ0n) is 16.8. The van der Waals surface area contributed by atoms with Crippen molar-refractivity contribution < 1.29 is 14.3 Å². The Bertz CT molecular complexity index is 655. The normalized spacial score (nSPS) is 21.5. The van der Waals surface area contributed by atoms with Gasteiger partial charge in [0.1, 0.15) is 0 Å². The highest BCUT2D eigenvalue weighted by Crippen LogP contribution is 2.38. The Morgan fingerprint density at radius 2 is 2.00 bits per heavy atom. The monoisotopic (exact) mass is 441 g/mol. The maximum atomic E-state index is 10.9. The molecular formula is C20H32BrNO3Si. The van der Waals surface area contributed by atoms with E-state index in [0.29, 0.717) is 12.5 Å². The van der Waals surface area contributed by atoms with Crippen LogP contribution in [-0.4, -0.2) is 38.2 Å². The fraction of sp³-hybridized carbons (Fsp3) is 0.650. The molecule has 26 heavy (non-hydrogen) atoms. The van der Waals surface area contributed by atoms with Crippen LogP contribution in [0.2, 0.25) is 18.1 Å². The Morgan fingerprint density at radius 3 is 2.62 bits per heavy atom. The summed E-state index contributed by atoms with van der Waals surface area (Å²) in [5, 5.41) is 11.1. The van der Waals surface area contributed by atoms with Crippen LogP contribution in [0, 0.1) is 5.92 Å². The van der Waals surface area contributed by atoms with Gasteiger partial charge in [-0.15, -0.1) is 0 Å². The first kappa shape index (κ1) is 21.6. The average Bonchev–Trinajstić information content (AvgIpc) is 2.56. The summed E-state index contributed by atoms with van der Waals surface area (Å²) in [7, 11) is -0.205. The van der Waals surface area contributed by atoms with E-state index in [2.05, 4.69) is 60.9 Å². The van der Waals surface area contributed by atoms with Gasteiger partial charge in [-0.3, -0.25) is 0 Å². The molecule has 1 heterocycles. The number of rotatable bonds is 6. The number of aliphatic hydroxyl groups excluding tert-OH is 1. The Kier molecular flexibility index (Phi) is 7.10. The Morgan fingerprint density at radius 1 is 1.31 bits per heavy atom. The first-order valence-electron chi connectivity index (χ1n) is 9.25. The molecule has 6 heteroatoms. The predicted octanol–water partition coefficient (Wildman–Crippen LogP) is 5.11. The predicted molar refractivity (Wildman–Crippen MR) is 112 cm³/mol. The van der Waals surface area contributed by atoms with Crippen molar-refractivity contribution in [2.24, 2.45) is 5.92 Å². The third-order valence-corrected chi connectivity index (χ3v) is 10.9. The van der Waals surface area contributed by atoms with Crippen molar-refractivity contribution in [3.63, 3.8) is 0 Å². The van der Waals surface area contributed by atoms with Crippen LogP contribution in [0.5, 0.6) is 5.88 Å². The fourth-order valence-corrected chi connectivity index (χ4v) is 4.22. The molecule has 0 radical (unpaired) electrons. The van der Waals surface area contributed by atoms with Gasteiger partial charge in [-0.25, -0.2) is 4.98 Å². The molecule has 146 valence electrons. The van der Waals surface area contributed by atoms with Gasteiger partial charge in [0.15, 0.2) is 8.32 Å². The van der Waals surface area contributed by atoms with Crippen molar-refractivity contribution in [2.75, 3.05) is 13.7 Å². The van der Waals surface area contributed by atoms with E-state index in [4.69, 9.17) is 9.16 Å². The van der Waals surface area contributed by atoms with Crippen LogP contribution in [0.1, 0.15) is 39.3 Å². The average molecular weight is 442 g/mol. The van der Waals surface area contributed by atoms with Gasteiger partial charge in [-0.05, 0) is 70.9 Å². The second kappa shape index (κ2) is 8.55. The lowest BCUT2D eigenvalue weighted by Gasteiger charge is -2.38. The molecule has 0 saturated carbocycles. The van der Waals surface area contributed by atoms with Gasteiger partial charge >= 0.3 is 0 Å². The van der Waals surface area contributed by atoms with E-state index in [1.54, 1.807) is 7.11 Å². The number of pyridine rings is 1. The lowest BCUT2D eigenvalue weighted by atomic mass is 9.83. The smallest absolute Gasteiger partial charge is 0.213 e. The Balaban J connectivity index is 2.05. The molecule has 2 rings (SSSR count). The third kappa shape index (κ3) is 5.18. The Hall–Kier alpha value is -0.693. The highest BCUT2D eigenvalue weighted by atomic mass is 79.9. The largest absolute Gasteiger partial charge is 0.481 e. The maximum Gasteiger partial charge on any atom is 0.213 e. The van der Waals surface area contributed by atoms with Crippen LogP contribution in [0.15, 0.2) is 28.3 Å². The summed E-state index contributed by atoms with van der Waals surface area (Å²) in [5.41, 5.74) is 1.95. The minimum Gasteiger partial charge on any atom is -0.481 e. The van der Waals surface area contributed by atoms with Crippen molar-refractivity contribution in [1.82, 2.24) is 4.98 Å². The molecule has 0 fully saturated rings. The number of aromatic nitrogens is 1. The van der Waals surface area contributed by atoms with E-state index in [-0.39, 0.29) is 11.0 Å². The fourth-order valence-electron chi connectivity index (χ4n) is 2.87. The number of hydrogen-bond acceptors (Lipinski definition) is 4. The third-order valence-electron chi connectivity index (χ3n) is 5.73. The van der Waals surface area contributed by atoms with Crippen LogP contribution in [0.25, 0.3) is 0 Å². The molecule has 2 atom stereocenters. The van der Waals surface area contributed by atoms with Crippen LogP contribution >= 0.6 is 15.9 Å². The summed E-state index contributed by atoms with van der Waals surface area (Å²) in [5.74, 6) is 0.749. The number of allylic oxidation sites excluding steroid dienone is 1. The number of aliphatic hydroxyl groups is 1. The van der Waals surface area contributed by atoms with Crippen LogP contribution in [0.4, 0.5) is 0 Å². The van der Waals surface area contributed by atoms with Crippen LogP contribution in [-0.2, 0) is 10.8 Å². The van der Waals surface area contributed by atoms with E-state index in [9.17, 15) is 5.11 Å². The van der Waals surface area contributed by atoms with Gasteiger partial charge in [0.25, 0.3) is 0 Å². The number of methoxy groups -OCH3 is 1. The summed E-state index contributed by atoms with van der Waals surface area (Å²) in [6.07, 6.45) is 4.32. The highest BCUT2D eigenvalue weighted by Gasteiger charge is 2.38. The van der Waals surface area contributed by atoms with E-state index in [1.165, 1.54) is 0 Å². The molecule has 4 nitrogen and oxygen atoms in total. The molecule has 0 unspecified atom stereocenters. The quantitative estimate of drug-likeness (QED) is 0.491. The number of ether oxygens (including phenoxy) is 1. The van der Waals surface area contributed by atoms with Crippen molar-refractivity contribution in [3.8, 4) is 5.88 Å². The molecule has 0 bridgehead atoms. The maximum absolute atomic E-state index is 10.9. The summed E-state index contributed by atoms with van der Waals surface area (Å²) in [4.78, 5) is 4.54. The molecular weight excluding hydrogens is 410 g/mol. The highest BCUT2D eigenvalue weighted by molar-refractivity contribution is 9.10. The lowest BCUT2D eigenvalue weighted by molar-refractivity contribution is 0.114. The Labute approximate surface area is 167 Å². The number of nitrogens with zero attached hydrogens (tertiary/aromatic N) is 1. The summed E-state index contributed by atoms with van der Waals surface area (Å²) in [6.45, 7) is 11.7. The first-order chi connectivity index (χ1) is 12.0. The molecule has 1 N–H and O–H groups in total. The minimum atomic E-state index is -1.82.